The van der Waals surface area contributed by atoms with Gasteiger partial charge in [-0.2, -0.15) is 9.97 Å². The molecule has 27 rings (SSSR count). The number of nitrogens with one attached hydrogen (secondary N) is 10. The molecule has 7 fully saturated rings. The number of rotatable bonds is 18. The summed E-state index contributed by atoms with van der Waals surface area (Å²) < 4.78 is 46.7. The third-order valence-electron chi connectivity index (χ3n) is 29.8. The number of halogens is 2. The fourth-order valence-electron chi connectivity index (χ4n) is 22.1. The average Bonchev–Trinajstić information content (AvgIpc) is 1.62. The van der Waals surface area contributed by atoms with Crippen molar-refractivity contribution >= 4 is 121 Å². The van der Waals surface area contributed by atoms with Crippen molar-refractivity contribution in [2.24, 2.45) is 25.9 Å². The van der Waals surface area contributed by atoms with Gasteiger partial charge in [-0.25, -0.2) is 48.7 Å². The second-order valence-electron chi connectivity index (χ2n) is 38.0. The van der Waals surface area contributed by atoms with Crippen molar-refractivity contribution in [2.75, 3.05) is 122 Å². The molecule has 1 saturated carbocycles. The number of ether oxygens (including phenoxy) is 2. The number of pyridine rings is 9. The van der Waals surface area contributed by atoms with Crippen LogP contribution in [0.2, 0.25) is 0 Å². The first-order chi connectivity index (χ1) is 69.8. The summed E-state index contributed by atoms with van der Waals surface area (Å²) in [4.78, 5) is 120. The maximum atomic E-state index is 14.1. The van der Waals surface area contributed by atoms with E-state index in [-0.39, 0.29) is 46.7 Å². The topological polar surface area (TPSA) is 426 Å². The Morgan fingerprint density at radius 3 is 1.57 bits per heavy atom. The van der Waals surface area contributed by atoms with Crippen LogP contribution >= 0.6 is 0 Å². The molecule has 6 saturated heterocycles. The molecule has 5 atom stereocenters. The van der Waals surface area contributed by atoms with E-state index in [1.807, 2.05) is 107 Å². The van der Waals surface area contributed by atoms with Gasteiger partial charge in [0.2, 0.25) is 11.9 Å². The number of fused-ring (bicyclic) bond motifs is 10. The molecule has 143 heavy (non-hydrogen) atoms. The zero-order chi connectivity index (χ0) is 97.0. The van der Waals surface area contributed by atoms with Gasteiger partial charge in [0.1, 0.15) is 46.0 Å². The summed E-state index contributed by atoms with van der Waals surface area (Å²) in [6, 6.07) is 29.7. The van der Waals surface area contributed by atoms with Gasteiger partial charge in [0.25, 0.3) is 23.6 Å². The summed E-state index contributed by atoms with van der Waals surface area (Å²) in [5.41, 5.74) is 17.9. The molecule has 1 aromatic carbocycles. The number of benzene rings is 1. The molecule has 0 radical (unpaired) electrons. The summed E-state index contributed by atoms with van der Waals surface area (Å²) in [5.74, 6) is 3.87. The number of morpholine rings is 1. The number of aromatic nitrogens is 17. The van der Waals surface area contributed by atoms with Crippen molar-refractivity contribution in [2.45, 2.75) is 94.0 Å². The van der Waals surface area contributed by atoms with E-state index in [4.69, 9.17) is 29.4 Å². The molecular formula is C103H101F2N31O7. The lowest BCUT2D eigenvalue weighted by Crippen LogP contribution is -2.53. The zero-order valence-corrected chi connectivity index (χ0v) is 78.7. The molecular weight excluding hydrogens is 1820 g/mol. The third kappa shape index (κ3) is 16.4. The Morgan fingerprint density at radius 2 is 1.00 bits per heavy atom. The van der Waals surface area contributed by atoms with Gasteiger partial charge in [0.05, 0.1) is 135 Å². The van der Waals surface area contributed by atoms with Gasteiger partial charge in [-0.05, 0) is 136 Å². The number of hydrogen-bond donors (Lipinski definition) is 11. The standard InChI is InChI=1S/C29H30FN7O2.2C25H25N9O.C24H21FN6O3/c1-35(2)29(8-9-29)24-17-36(11-12-39-24)19-3-6-25(31-14-19)34-22-5-4-20(21-15-33-28(38)27(21)22)23-16-32-26-13-18(30)7-10-37(23)26;2*1-33-8-5-16-15(2-6-27-23(16)33)22-17-11-30-24(35)21(17)18(12-29-22)31-20-3-7-28-25(32-20)34-9-4-14-10-26-13-19(14)34;25-16-2-1-7-31-18(13-28-22(16)31)21-15-11-29-23(32)20(15)17(12-27-21)30-19-4-3-14(10-26-19)24(33)5-8-34-9-6-24/h3-7,10,13-14,16,24H,8-9,11-12,15,17H2,1-2H3,(H,31,34)(H,33,38);2*2-3,5-8,12,14,19,26H,4,9-11,13H2,1H3,(H,30,35)(H,28,31,32);1-4,7,10,12-13,33H,5-6,8-9,11H2,(H,26,30)(H,29,32)/t24-;2*14-,19+;/m010./s1. The molecule has 15 aromatic heterocycles. The first kappa shape index (κ1) is 89.6. The van der Waals surface area contributed by atoms with E-state index >= 15 is 0 Å². The van der Waals surface area contributed by atoms with Crippen LogP contribution in [0, 0.1) is 23.5 Å². The maximum absolute atomic E-state index is 14.1. The predicted molar refractivity (Wildman–Crippen MR) is 533 cm³/mol. The van der Waals surface area contributed by atoms with Crippen LogP contribution < -0.4 is 67.9 Å². The van der Waals surface area contributed by atoms with E-state index in [9.17, 15) is 33.1 Å². The van der Waals surface area contributed by atoms with Crippen molar-refractivity contribution in [3.63, 3.8) is 0 Å². The van der Waals surface area contributed by atoms with E-state index < -0.39 is 11.4 Å². The Hall–Kier alpha value is -16.0. The van der Waals surface area contributed by atoms with Gasteiger partial charge >= 0.3 is 0 Å². The summed E-state index contributed by atoms with van der Waals surface area (Å²) in [6.45, 7) is 11.0. The van der Waals surface area contributed by atoms with Gasteiger partial charge in [-0.3, -0.25) is 42.9 Å². The molecule has 11 N–H and O–H groups in total. The SMILES string of the molecule is CN(C)C1([C@@H]2CN(c3ccc(Nc4ccc(-c5cnc6cc(F)ccn56)c5c4C(=O)NC5)nc3)CCO2)CC1.Cn1ccc2c(-c3ncc(Nc4ccnc(N5CC[C@@H]6CNC[C@@H]65)n4)c4c3CNC4=O)ccnc21.Cn1ccc2c(-c3ncc(Nc4ccnc(N5CC[C@H]6CNC[C@H]65)n4)c4c3CNC4=O)ccnc21.O=C1NCc2c(-c3cnc4c(F)cccn34)ncc(Nc3ccc(C4(O)CCOCC4)cn3)c21. The lowest BCUT2D eigenvalue weighted by Gasteiger charge is -2.40. The van der Waals surface area contributed by atoms with E-state index in [0.29, 0.717) is 174 Å². The molecule has 16 aromatic rings. The molecule has 724 valence electrons. The average molecular weight is 1920 g/mol. The van der Waals surface area contributed by atoms with E-state index in [1.54, 1.807) is 90.9 Å². The number of hydrogen-bond acceptors (Lipinski definition) is 30. The monoisotopic (exact) mass is 1920 g/mol. The van der Waals surface area contributed by atoms with Gasteiger partial charge < -0.3 is 96.5 Å². The number of aryl methyl sites for hydroxylation is 2. The number of anilines is 11. The normalized spacial score (nSPS) is 19.6. The van der Waals surface area contributed by atoms with Crippen LogP contribution in [0.5, 0.6) is 0 Å². The Balaban J connectivity index is 0.000000103. The molecule has 25 heterocycles. The van der Waals surface area contributed by atoms with Crippen molar-refractivity contribution in [3.05, 3.63) is 252 Å². The number of nitrogens with zero attached hydrogens (tertiary/aromatic N) is 21. The van der Waals surface area contributed by atoms with E-state index in [0.717, 1.165) is 161 Å². The molecule has 11 aliphatic rings. The molecule has 4 amide bonds. The van der Waals surface area contributed by atoms with Crippen molar-refractivity contribution in [3.8, 4) is 45.2 Å². The number of carbonyl (C=O) groups is 4. The second kappa shape index (κ2) is 36.6. The quantitative estimate of drug-likeness (QED) is 0.0380. The van der Waals surface area contributed by atoms with Crippen LogP contribution in [-0.2, 0) is 55.3 Å². The van der Waals surface area contributed by atoms with Gasteiger partial charge in [0.15, 0.2) is 11.5 Å². The highest BCUT2D eigenvalue weighted by Gasteiger charge is 2.54. The summed E-state index contributed by atoms with van der Waals surface area (Å²) in [7, 11) is 8.21. The first-order valence-corrected chi connectivity index (χ1v) is 48.2. The number of likely N-dealkylation sites (N-methyl/N-ethyl adjacent to an activating group) is 1. The minimum Gasteiger partial charge on any atom is -0.385 e. The molecule has 10 aliphatic heterocycles. The highest BCUT2D eigenvalue weighted by molar-refractivity contribution is 6.10. The van der Waals surface area contributed by atoms with Crippen molar-refractivity contribution in [1.82, 2.24) is 120 Å². The van der Waals surface area contributed by atoms with E-state index in [2.05, 4.69) is 138 Å². The third-order valence-corrected chi connectivity index (χ3v) is 29.8. The van der Waals surface area contributed by atoms with Gasteiger partial charge in [0, 0.05) is 248 Å². The van der Waals surface area contributed by atoms with Gasteiger partial charge in [-0.1, -0.05) is 12.1 Å². The van der Waals surface area contributed by atoms with Crippen LogP contribution in [0.4, 0.5) is 72.4 Å². The first-order valence-electron chi connectivity index (χ1n) is 48.2. The van der Waals surface area contributed by atoms with Crippen molar-refractivity contribution < 1.29 is 42.5 Å². The molecule has 1 aliphatic carbocycles. The summed E-state index contributed by atoms with van der Waals surface area (Å²) >= 11 is 0. The fourth-order valence-corrected chi connectivity index (χ4v) is 22.1. The van der Waals surface area contributed by atoms with Crippen molar-refractivity contribution in [1.29, 1.82) is 0 Å². The van der Waals surface area contributed by atoms with Crippen LogP contribution in [0.15, 0.2) is 190 Å². The fraction of sp³-hybridized carbons (Fsp3) is 0.311. The van der Waals surface area contributed by atoms with Crippen LogP contribution in [0.1, 0.15) is 108 Å². The van der Waals surface area contributed by atoms with E-state index in [1.165, 1.54) is 31.0 Å². The minimum atomic E-state index is -0.943. The Morgan fingerprint density at radius 1 is 0.462 bits per heavy atom. The number of aliphatic hydroxyl groups is 1. The molecule has 0 unspecified atom stereocenters. The Labute approximate surface area is 817 Å². The molecule has 38 nitrogen and oxygen atoms in total. The number of imidazole rings is 2. The molecule has 40 heteroatoms. The smallest absolute Gasteiger partial charge is 0.254 e. The lowest BCUT2D eigenvalue weighted by atomic mass is 9.87. The largest absolute Gasteiger partial charge is 0.385 e. The Kier molecular flexibility index (Phi) is 22.9. The Bertz CT molecular complexity index is 7530. The van der Waals surface area contributed by atoms with Crippen LogP contribution in [0.3, 0.4) is 0 Å². The number of amides is 4. The lowest BCUT2D eigenvalue weighted by molar-refractivity contribution is -0.0681. The minimum absolute atomic E-state index is 0.113. The maximum Gasteiger partial charge on any atom is 0.254 e. The summed E-state index contributed by atoms with van der Waals surface area (Å²) in [5, 5.41) is 44.8. The number of carbonyl (C=O) groups excluding carboxylic acids is 4. The predicted octanol–water partition coefficient (Wildman–Crippen LogP) is 11.2. The summed E-state index contributed by atoms with van der Waals surface area (Å²) in [6.07, 6.45) is 32.1. The highest BCUT2D eigenvalue weighted by Crippen LogP contribution is 2.48. The second-order valence-corrected chi connectivity index (χ2v) is 38.0. The van der Waals surface area contributed by atoms with Gasteiger partial charge in [-0.15, -0.1) is 0 Å². The van der Waals surface area contributed by atoms with Crippen LogP contribution in [0.25, 0.3) is 78.5 Å². The molecule has 0 spiro atoms. The molecule has 0 bridgehead atoms. The highest BCUT2D eigenvalue weighted by atomic mass is 19.1. The van der Waals surface area contributed by atoms with Crippen LogP contribution in [-0.4, -0.2) is 226 Å². The zero-order valence-electron chi connectivity index (χ0n) is 78.7.